The van der Waals surface area contributed by atoms with Crippen LogP contribution in [0.3, 0.4) is 0 Å². The van der Waals surface area contributed by atoms with E-state index < -0.39 is 5.91 Å². The summed E-state index contributed by atoms with van der Waals surface area (Å²) in [5.74, 6) is 0.493. The minimum atomic E-state index is -0.654. The van der Waals surface area contributed by atoms with Gasteiger partial charge in [-0.05, 0) is 23.8 Å². The van der Waals surface area contributed by atoms with Crippen molar-refractivity contribution in [1.82, 2.24) is 35.4 Å². The number of ether oxygens (including phenoxy) is 1. The van der Waals surface area contributed by atoms with E-state index in [0.29, 0.717) is 31.6 Å². The van der Waals surface area contributed by atoms with Crippen LogP contribution in [0.4, 0.5) is 11.9 Å². The number of amides is 1. The molecule has 37 heavy (non-hydrogen) atoms. The van der Waals surface area contributed by atoms with Crippen LogP contribution in [0.1, 0.15) is 26.9 Å². The lowest BCUT2D eigenvalue weighted by atomic mass is 10.1. The molecule has 1 aliphatic heterocycles. The number of hydroxylamine groups is 1. The summed E-state index contributed by atoms with van der Waals surface area (Å²) >= 11 is 1.61. The maximum absolute atomic E-state index is 11.5. The molecule has 0 spiro atoms. The van der Waals surface area contributed by atoms with Crippen LogP contribution in [0, 0.1) is 0 Å². The Hall–Kier alpha value is -4.20. The number of hydrogen-bond donors (Lipinski definition) is 3. The maximum Gasteiger partial charge on any atom is 0.277 e. The number of benzene rings is 1. The number of aromatic nitrogens is 6. The zero-order valence-corrected chi connectivity index (χ0v) is 20.6. The van der Waals surface area contributed by atoms with Gasteiger partial charge in [0.2, 0.25) is 11.9 Å². The van der Waals surface area contributed by atoms with Gasteiger partial charge in [-0.25, -0.2) is 30.4 Å². The molecule has 188 valence electrons. The lowest BCUT2D eigenvalue weighted by Gasteiger charge is -2.33. The molecular formula is C24H23N9O3S. The van der Waals surface area contributed by atoms with Gasteiger partial charge in [0.1, 0.15) is 6.10 Å². The minimum Gasteiger partial charge on any atom is -0.370 e. The van der Waals surface area contributed by atoms with Gasteiger partial charge in [-0.3, -0.25) is 10.0 Å². The van der Waals surface area contributed by atoms with Crippen molar-refractivity contribution >= 4 is 50.4 Å². The van der Waals surface area contributed by atoms with Crippen molar-refractivity contribution in [2.45, 2.75) is 12.6 Å². The molecule has 1 unspecified atom stereocenters. The lowest BCUT2D eigenvalue weighted by molar-refractivity contribution is 0.0393. The summed E-state index contributed by atoms with van der Waals surface area (Å²) in [7, 11) is 1.87. The van der Waals surface area contributed by atoms with E-state index in [1.807, 2.05) is 24.2 Å². The molecule has 12 nitrogen and oxygen atoms in total. The first-order chi connectivity index (χ1) is 18.1. The molecule has 1 atom stereocenters. The molecule has 0 saturated carbocycles. The Labute approximate surface area is 214 Å². The third kappa shape index (κ3) is 4.67. The number of nitrogens with zero attached hydrogens (tertiary/aromatic N) is 7. The summed E-state index contributed by atoms with van der Waals surface area (Å²) in [6.07, 6.45) is 6.22. The Morgan fingerprint density at radius 1 is 1.22 bits per heavy atom. The summed E-state index contributed by atoms with van der Waals surface area (Å²) < 4.78 is 7.06. The summed E-state index contributed by atoms with van der Waals surface area (Å²) in [6.45, 7) is 2.53. The summed E-state index contributed by atoms with van der Waals surface area (Å²) in [5.41, 5.74) is 5.65. The Bertz CT molecular complexity index is 1570. The Morgan fingerprint density at radius 3 is 2.92 bits per heavy atom. The number of rotatable bonds is 6. The quantitative estimate of drug-likeness (QED) is 0.227. The molecule has 1 aliphatic rings. The normalized spacial score (nSPS) is 15.8. The second-order valence-electron chi connectivity index (χ2n) is 8.69. The molecule has 0 radical (unpaired) electrons. The molecule has 13 heteroatoms. The average Bonchev–Trinajstić information content (AvgIpc) is 3.58. The van der Waals surface area contributed by atoms with E-state index in [4.69, 9.17) is 14.9 Å². The maximum atomic E-state index is 11.5. The number of carbonyl (C=O) groups excluding carboxylic acids is 1. The van der Waals surface area contributed by atoms with Crippen molar-refractivity contribution in [2.24, 2.45) is 0 Å². The molecule has 0 aliphatic carbocycles. The SMILES string of the molecule is CN(Cc1cc2nc(N3CCOC(c4ccc5nc[nH]c5c4)C3)ncc2s1)c1ncc(C(=O)NO)cn1. The van der Waals surface area contributed by atoms with Gasteiger partial charge in [0, 0.05) is 30.9 Å². The Morgan fingerprint density at radius 2 is 2.08 bits per heavy atom. The van der Waals surface area contributed by atoms with E-state index in [9.17, 15) is 4.79 Å². The van der Waals surface area contributed by atoms with Gasteiger partial charge < -0.3 is 19.5 Å². The van der Waals surface area contributed by atoms with Gasteiger partial charge in [0.05, 0.1) is 59.0 Å². The highest BCUT2D eigenvalue weighted by Gasteiger charge is 2.24. The van der Waals surface area contributed by atoms with Crippen molar-refractivity contribution in [3.63, 3.8) is 0 Å². The minimum absolute atomic E-state index is 0.0812. The number of hydrogen-bond acceptors (Lipinski definition) is 11. The summed E-state index contributed by atoms with van der Waals surface area (Å²) in [4.78, 5) is 42.0. The number of nitrogens with one attached hydrogen (secondary N) is 2. The van der Waals surface area contributed by atoms with Crippen LogP contribution in [0.15, 0.2) is 49.2 Å². The molecule has 0 bridgehead atoms. The molecule has 5 heterocycles. The number of thiophene rings is 1. The van der Waals surface area contributed by atoms with E-state index in [-0.39, 0.29) is 11.7 Å². The molecule has 4 aromatic heterocycles. The van der Waals surface area contributed by atoms with Crippen LogP contribution in [-0.2, 0) is 11.3 Å². The number of fused-ring (bicyclic) bond motifs is 2. The highest BCUT2D eigenvalue weighted by atomic mass is 32.1. The van der Waals surface area contributed by atoms with Gasteiger partial charge in [0.25, 0.3) is 5.91 Å². The second kappa shape index (κ2) is 9.69. The molecule has 6 rings (SSSR count). The molecule has 1 saturated heterocycles. The van der Waals surface area contributed by atoms with Gasteiger partial charge in [0.15, 0.2) is 0 Å². The fourth-order valence-corrected chi connectivity index (χ4v) is 5.33. The van der Waals surface area contributed by atoms with Crippen LogP contribution in [0.25, 0.3) is 21.3 Å². The van der Waals surface area contributed by atoms with Crippen LogP contribution in [0.5, 0.6) is 0 Å². The Kier molecular flexibility index (Phi) is 6.08. The zero-order valence-electron chi connectivity index (χ0n) is 19.8. The lowest BCUT2D eigenvalue weighted by Crippen LogP contribution is -2.39. The molecule has 5 aromatic rings. The number of morpholine rings is 1. The average molecular weight is 518 g/mol. The highest BCUT2D eigenvalue weighted by Crippen LogP contribution is 2.29. The summed E-state index contributed by atoms with van der Waals surface area (Å²) in [6, 6.07) is 8.20. The van der Waals surface area contributed by atoms with E-state index in [1.165, 1.54) is 12.4 Å². The molecule has 1 amide bonds. The number of anilines is 2. The number of imidazole rings is 1. The summed E-state index contributed by atoms with van der Waals surface area (Å²) in [5, 5.41) is 8.74. The van der Waals surface area contributed by atoms with Crippen LogP contribution in [0.2, 0.25) is 0 Å². The molecule has 1 aromatic carbocycles. The molecule has 3 N–H and O–H groups in total. The number of carbonyl (C=O) groups is 1. The van der Waals surface area contributed by atoms with E-state index in [2.05, 4.69) is 48.0 Å². The van der Waals surface area contributed by atoms with E-state index in [0.717, 1.165) is 38.2 Å². The first-order valence-electron chi connectivity index (χ1n) is 11.6. The van der Waals surface area contributed by atoms with Gasteiger partial charge >= 0.3 is 0 Å². The van der Waals surface area contributed by atoms with E-state index >= 15 is 0 Å². The van der Waals surface area contributed by atoms with Gasteiger partial charge in [-0.1, -0.05) is 6.07 Å². The van der Waals surface area contributed by atoms with Gasteiger partial charge in [-0.2, -0.15) is 0 Å². The third-order valence-electron chi connectivity index (χ3n) is 6.21. The van der Waals surface area contributed by atoms with Crippen LogP contribution >= 0.6 is 11.3 Å². The molecular weight excluding hydrogens is 494 g/mol. The first-order valence-corrected chi connectivity index (χ1v) is 12.4. The van der Waals surface area contributed by atoms with E-state index in [1.54, 1.807) is 23.1 Å². The molecule has 1 fully saturated rings. The third-order valence-corrected chi connectivity index (χ3v) is 7.25. The number of H-pyrrole nitrogens is 1. The van der Waals surface area contributed by atoms with Crippen molar-refractivity contribution in [3.05, 3.63) is 65.2 Å². The standard InChI is InChI=1S/C24H23N9O3S/c1-32(23-25-8-15(9-26-23)22(34)31-35)11-16-7-19-21(37-16)10-27-24(30-19)33-4-5-36-20(12-33)14-2-3-17-18(6-14)29-13-28-17/h2-3,6-10,13,20,35H,4-5,11-12H2,1H3,(H,28,29)(H,31,34). The van der Waals surface area contributed by atoms with Crippen molar-refractivity contribution < 1.29 is 14.7 Å². The number of aromatic amines is 1. The Balaban J connectivity index is 1.16. The monoisotopic (exact) mass is 517 g/mol. The van der Waals surface area contributed by atoms with Crippen LogP contribution < -0.4 is 15.3 Å². The predicted molar refractivity (Wildman–Crippen MR) is 138 cm³/mol. The largest absolute Gasteiger partial charge is 0.370 e. The predicted octanol–water partition coefficient (Wildman–Crippen LogP) is 2.69. The smallest absolute Gasteiger partial charge is 0.277 e. The van der Waals surface area contributed by atoms with Crippen molar-refractivity contribution in [1.29, 1.82) is 0 Å². The zero-order chi connectivity index (χ0) is 25.4. The second-order valence-corrected chi connectivity index (χ2v) is 9.85. The van der Waals surface area contributed by atoms with Crippen molar-refractivity contribution in [3.8, 4) is 0 Å². The highest BCUT2D eigenvalue weighted by molar-refractivity contribution is 7.19. The first kappa shape index (κ1) is 23.2. The topological polar surface area (TPSA) is 145 Å². The fraction of sp³-hybridized carbons (Fsp3) is 0.250. The van der Waals surface area contributed by atoms with Crippen molar-refractivity contribution in [2.75, 3.05) is 36.5 Å². The van der Waals surface area contributed by atoms with Gasteiger partial charge in [-0.15, -0.1) is 11.3 Å². The van der Waals surface area contributed by atoms with Crippen LogP contribution in [-0.4, -0.2) is 67.8 Å². The fourth-order valence-electron chi connectivity index (χ4n) is 4.30.